The first-order valence-electron chi connectivity index (χ1n) is 5.31. The Morgan fingerprint density at radius 3 is 2.76 bits per heavy atom. The zero-order valence-electron chi connectivity index (χ0n) is 10.5. The zero-order chi connectivity index (χ0) is 13.1. The Bertz CT molecular complexity index is 419. The van der Waals surface area contributed by atoms with Gasteiger partial charge in [0.15, 0.2) is 0 Å². The highest BCUT2D eigenvalue weighted by Crippen LogP contribution is 2.18. The number of amides is 1. The summed E-state index contributed by atoms with van der Waals surface area (Å²) in [4.78, 5) is 15.9. The molecule has 0 aliphatic heterocycles. The van der Waals surface area contributed by atoms with Crippen molar-refractivity contribution in [3.8, 4) is 0 Å². The molecule has 17 heavy (non-hydrogen) atoms. The van der Waals surface area contributed by atoms with Gasteiger partial charge >= 0.3 is 0 Å². The number of methoxy groups -OCH3 is 1. The average Bonchev–Trinajstić information content (AvgIpc) is 2.23. The third-order valence-corrected chi connectivity index (χ3v) is 3.27. The fraction of sp³-hybridized carbons (Fsp3) is 0.500. The molecule has 0 aliphatic rings. The lowest BCUT2D eigenvalue weighted by Gasteiger charge is -2.21. The van der Waals surface area contributed by atoms with Crippen LogP contribution >= 0.6 is 15.9 Å². The Morgan fingerprint density at radius 1 is 1.59 bits per heavy atom. The normalized spacial score (nSPS) is 11.4. The highest BCUT2D eigenvalue weighted by molar-refractivity contribution is 9.10. The van der Waals surface area contributed by atoms with Gasteiger partial charge in [0.25, 0.3) is 0 Å². The standard InChI is InChI=1S/C12H17BrN2O2/c1-8-5-9(7-14-11(8)13)15-10(16)6-12(2,3)17-4/h5,7H,6H2,1-4H3,(H,15,16). The van der Waals surface area contributed by atoms with Crippen molar-refractivity contribution in [2.24, 2.45) is 0 Å². The van der Waals surface area contributed by atoms with E-state index in [9.17, 15) is 4.79 Å². The number of rotatable bonds is 4. The summed E-state index contributed by atoms with van der Waals surface area (Å²) in [7, 11) is 1.60. The molecule has 4 nitrogen and oxygen atoms in total. The minimum Gasteiger partial charge on any atom is -0.378 e. The number of nitrogens with one attached hydrogen (secondary N) is 1. The fourth-order valence-electron chi connectivity index (χ4n) is 1.29. The van der Waals surface area contributed by atoms with Crippen LogP contribution in [0.5, 0.6) is 0 Å². The molecule has 94 valence electrons. The smallest absolute Gasteiger partial charge is 0.227 e. The van der Waals surface area contributed by atoms with Crippen molar-refractivity contribution in [3.05, 3.63) is 22.4 Å². The molecule has 0 unspecified atom stereocenters. The Morgan fingerprint density at radius 2 is 2.24 bits per heavy atom. The minimum atomic E-state index is -0.456. The summed E-state index contributed by atoms with van der Waals surface area (Å²) in [5.41, 5.74) is 1.22. The van der Waals surface area contributed by atoms with E-state index in [0.29, 0.717) is 12.1 Å². The molecule has 0 aliphatic carbocycles. The Hall–Kier alpha value is -0.940. The number of pyridine rings is 1. The van der Waals surface area contributed by atoms with Gasteiger partial charge in [-0.3, -0.25) is 4.79 Å². The third-order valence-electron chi connectivity index (χ3n) is 2.44. The summed E-state index contributed by atoms with van der Waals surface area (Å²) in [6.07, 6.45) is 1.92. The van der Waals surface area contributed by atoms with Gasteiger partial charge in [0.2, 0.25) is 5.91 Å². The first-order valence-corrected chi connectivity index (χ1v) is 6.10. The summed E-state index contributed by atoms with van der Waals surface area (Å²) in [5, 5.41) is 2.80. The van der Waals surface area contributed by atoms with Gasteiger partial charge in [-0.25, -0.2) is 4.98 Å². The molecule has 5 heteroatoms. The van der Waals surface area contributed by atoms with E-state index < -0.39 is 5.60 Å². The molecule has 0 spiro atoms. The van der Waals surface area contributed by atoms with Crippen molar-refractivity contribution in [2.75, 3.05) is 12.4 Å². The number of carbonyl (C=O) groups is 1. The molecule has 1 amide bonds. The summed E-state index contributed by atoms with van der Waals surface area (Å²) >= 11 is 3.31. The Kier molecular flexibility index (Phi) is 4.65. The Balaban J connectivity index is 2.65. The maximum absolute atomic E-state index is 11.8. The van der Waals surface area contributed by atoms with E-state index in [1.165, 1.54) is 0 Å². The van der Waals surface area contributed by atoms with E-state index in [1.54, 1.807) is 13.3 Å². The molecular weight excluding hydrogens is 284 g/mol. The van der Waals surface area contributed by atoms with E-state index >= 15 is 0 Å². The van der Waals surface area contributed by atoms with E-state index in [2.05, 4.69) is 26.2 Å². The maximum atomic E-state index is 11.8. The predicted octanol–water partition coefficient (Wildman–Crippen LogP) is 2.91. The SMILES string of the molecule is COC(C)(C)CC(=O)Nc1cnc(Br)c(C)c1. The number of aromatic nitrogens is 1. The van der Waals surface area contributed by atoms with Crippen molar-refractivity contribution >= 4 is 27.5 Å². The molecule has 1 aromatic rings. The van der Waals surface area contributed by atoms with Gasteiger partial charge in [-0.05, 0) is 48.3 Å². The molecule has 0 radical (unpaired) electrons. The number of hydrogen-bond donors (Lipinski definition) is 1. The number of hydrogen-bond acceptors (Lipinski definition) is 3. The lowest BCUT2D eigenvalue weighted by Crippen LogP contribution is -2.29. The average molecular weight is 301 g/mol. The molecular formula is C12H17BrN2O2. The molecule has 0 saturated carbocycles. The second kappa shape index (κ2) is 5.60. The highest BCUT2D eigenvalue weighted by atomic mass is 79.9. The van der Waals surface area contributed by atoms with Crippen molar-refractivity contribution in [1.29, 1.82) is 0 Å². The first kappa shape index (κ1) is 14.1. The Labute approximate surface area is 110 Å². The van der Waals surface area contributed by atoms with Crippen LogP contribution < -0.4 is 5.32 Å². The van der Waals surface area contributed by atoms with Crippen LogP contribution in [0.3, 0.4) is 0 Å². The molecule has 1 heterocycles. The highest BCUT2D eigenvalue weighted by Gasteiger charge is 2.21. The van der Waals surface area contributed by atoms with Gasteiger partial charge in [-0.1, -0.05) is 0 Å². The van der Waals surface area contributed by atoms with Gasteiger partial charge in [-0.15, -0.1) is 0 Å². The number of anilines is 1. The second-order valence-corrected chi connectivity index (χ2v) is 5.27. The summed E-state index contributed by atoms with van der Waals surface area (Å²) in [5.74, 6) is -0.0830. The number of ether oxygens (including phenoxy) is 1. The summed E-state index contributed by atoms with van der Waals surface area (Å²) < 4.78 is 5.99. The molecule has 0 saturated heterocycles. The molecule has 1 N–H and O–H groups in total. The topological polar surface area (TPSA) is 51.2 Å². The molecule has 0 aromatic carbocycles. The van der Waals surface area contributed by atoms with Gasteiger partial charge in [0.1, 0.15) is 4.60 Å². The second-order valence-electron chi connectivity index (χ2n) is 4.52. The lowest BCUT2D eigenvalue weighted by molar-refractivity contribution is -0.121. The quantitative estimate of drug-likeness (QED) is 0.870. The molecule has 1 rings (SSSR count). The molecule has 0 atom stereocenters. The summed E-state index contributed by atoms with van der Waals surface area (Å²) in [6, 6.07) is 1.87. The van der Waals surface area contributed by atoms with Crippen molar-refractivity contribution in [3.63, 3.8) is 0 Å². The number of nitrogens with zero attached hydrogens (tertiary/aromatic N) is 1. The predicted molar refractivity (Wildman–Crippen MR) is 71.0 cm³/mol. The molecule has 0 fully saturated rings. The number of aryl methyl sites for hydroxylation is 1. The maximum Gasteiger partial charge on any atom is 0.227 e. The van der Waals surface area contributed by atoms with E-state index in [4.69, 9.17) is 4.74 Å². The van der Waals surface area contributed by atoms with Crippen LogP contribution in [0.2, 0.25) is 0 Å². The van der Waals surface area contributed by atoms with Crippen molar-refractivity contribution in [1.82, 2.24) is 4.98 Å². The van der Waals surface area contributed by atoms with Crippen LogP contribution in [0.25, 0.3) is 0 Å². The van der Waals surface area contributed by atoms with E-state index in [-0.39, 0.29) is 5.91 Å². The summed E-state index contributed by atoms with van der Waals surface area (Å²) in [6.45, 7) is 5.67. The monoisotopic (exact) mass is 300 g/mol. The van der Waals surface area contributed by atoms with Gasteiger partial charge < -0.3 is 10.1 Å². The fourth-order valence-corrected chi connectivity index (χ4v) is 1.51. The van der Waals surface area contributed by atoms with Gasteiger partial charge in [-0.2, -0.15) is 0 Å². The van der Waals surface area contributed by atoms with Crippen LogP contribution in [0.15, 0.2) is 16.9 Å². The van der Waals surface area contributed by atoms with E-state index in [0.717, 1.165) is 10.2 Å². The first-order chi connectivity index (χ1) is 7.84. The van der Waals surface area contributed by atoms with E-state index in [1.807, 2.05) is 26.8 Å². The third kappa shape index (κ3) is 4.44. The number of carbonyl (C=O) groups excluding carboxylic acids is 1. The van der Waals surface area contributed by atoms with Crippen LogP contribution in [-0.4, -0.2) is 23.6 Å². The van der Waals surface area contributed by atoms with Crippen molar-refractivity contribution in [2.45, 2.75) is 32.8 Å². The van der Waals surface area contributed by atoms with Crippen LogP contribution in [-0.2, 0) is 9.53 Å². The number of halogens is 1. The van der Waals surface area contributed by atoms with Gasteiger partial charge in [0, 0.05) is 7.11 Å². The van der Waals surface area contributed by atoms with Crippen molar-refractivity contribution < 1.29 is 9.53 Å². The van der Waals surface area contributed by atoms with Crippen LogP contribution in [0, 0.1) is 6.92 Å². The van der Waals surface area contributed by atoms with Crippen LogP contribution in [0.4, 0.5) is 5.69 Å². The molecule has 0 bridgehead atoms. The zero-order valence-corrected chi connectivity index (χ0v) is 12.1. The lowest BCUT2D eigenvalue weighted by atomic mass is 10.0. The van der Waals surface area contributed by atoms with Crippen LogP contribution in [0.1, 0.15) is 25.8 Å². The largest absolute Gasteiger partial charge is 0.378 e. The van der Waals surface area contributed by atoms with Gasteiger partial charge in [0.05, 0.1) is 23.9 Å². The minimum absolute atomic E-state index is 0.0830. The molecule has 1 aromatic heterocycles.